The number of urea groups is 1. The van der Waals surface area contributed by atoms with Crippen LogP contribution in [0.15, 0.2) is 48.7 Å². The van der Waals surface area contributed by atoms with Gasteiger partial charge < -0.3 is 14.8 Å². The Hall–Kier alpha value is -2.93. The molecule has 2 aromatic heterocycles. The Morgan fingerprint density at radius 3 is 2.59 bits per heavy atom. The second-order valence-electron chi connectivity index (χ2n) is 6.78. The molecule has 7 heteroatoms. The Morgan fingerprint density at radius 1 is 1.04 bits per heavy atom. The largest absolute Gasteiger partial charge is 0.322 e. The molecule has 27 heavy (non-hydrogen) atoms. The van der Waals surface area contributed by atoms with E-state index in [9.17, 15) is 4.79 Å². The number of nitrogens with one attached hydrogen (secondary N) is 1. The highest BCUT2D eigenvalue weighted by molar-refractivity contribution is 5.89. The predicted octanol–water partition coefficient (Wildman–Crippen LogP) is 2.59. The topological polar surface area (TPSA) is 66.3 Å². The number of nitrogens with zero attached hydrogens (tertiary/aromatic N) is 5. The van der Waals surface area contributed by atoms with E-state index in [4.69, 9.17) is 0 Å². The number of rotatable bonds is 4. The fourth-order valence-electron chi connectivity index (χ4n) is 3.48. The predicted molar refractivity (Wildman–Crippen MR) is 106 cm³/mol. The van der Waals surface area contributed by atoms with Crippen LogP contribution < -0.4 is 5.32 Å². The molecule has 4 rings (SSSR count). The summed E-state index contributed by atoms with van der Waals surface area (Å²) in [5.41, 5.74) is 2.72. The van der Waals surface area contributed by atoms with Crippen molar-refractivity contribution in [3.63, 3.8) is 0 Å². The number of carbonyl (C=O) groups is 1. The van der Waals surface area contributed by atoms with E-state index in [0.29, 0.717) is 0 Å². The molecule has 0 saturated carbocycles. The Kier molecular flexibility index (Phi) is 5.02. The Labute approximate surface area is 158 Å². The van der Waals surface area contributed by atoms with Gasteiger partial charge in [-0.15, -0.1) is 0 Å². The SMILES string of the molecule is Cc1nc2cccnc2n1CCN1CCN(C(=O)Nc2ccccc2)CC1. The molecule has 3 aromatic rings. The molecule has 1 aliphatic rings. The molecule has 140 valence electrons. The Morgan fingerprint density at radius 2 is 1.81 bits per heavy atom. The third kappa shape index (κ3) is 3.93. The summed E-state index contributed by atoms with van der Waals surface area (Å²) in [6.07, 6.45) is 1.81. The van der Waals surface area contributed by atoms with Crippen LogP contribution in [0.1, 0.15) is 5.82 Å². The monoisotopic (exact) mass is 364 g/mol. The first-order chi connectivity index (χ1) is 13.2. The van der Waals surface area contributed by atoms with Gasteiger partial charge in [0, 0.05) is 51.2 Å². The van der Waals surface area contributed by atoms with Crippen LogP contribution in [0.5, 0.6) is 0 Å². The smallest absolute Gasteiger partial charge is 0.321 e. The minimum absolute atomic E-state index is 0.0264. The highest BCUT2D eigenvalue weighted by Crippen LogP contribution is 2.13. The summed E-state index contributed by atoms with van der Waals surface area (Å²) < 4.78 is 2.17. The quantitative estimate of drug-likeness (QED) is 0.773. The minimum Gasteiger partial charge on any atom is -0.322 e. The van der Waals surface area contributed by atoms with E-state index in [1.165, 1.54) is 0 Å². The van der Waals surface area contributed by atoms with Gasteiger partial charge in [-0.3, -0.25) is 4.90 Å². The first-order valence-electron chi connectivity index (χ1n) is 9.32. The van der Waals surface area contributed by atoms with Crippen molar-refractivity contribution < 1.29 is 4.79 Å². The van der Waals surface area contributed by atoms with Crippen molar-refractivity contribution in [2.24, 2.45) is 0 Å². The maximum Gasteiger partial charge on any atom is 0.321 e. The number of hydrogen-bond donors (Lipinski definition) is 1. The molecular formula is C20H24N6O. The fraction of sp³-hybridized carbons (Fsp3) is 0.350. The summed E-state index contributed by atoms with van der Waals surface area (Å²) in [6.45, 7) is 7.03. The number of anilines is 1. The lowest BCUT2D eigenvalue weighted by atomic mass is 10.3. The molecular weight excluding hydrogens is 340 g/mol. The summed E-state index contributed by atoms with van der Waals surface area (Å²) >= 11 is 0. The van der Waals surface area contributed by atoms with Crippen molar-refractivity contribution in [1.29, 1.82) is 0 Å². The number of carbonyl (C=O) groups excluding carboxylic acids is 1. The molecule has 0 atom stereocenters. The first kappa shape index (κ1) is 17.5. The molecule has 7 nitrogen and oxygen atoms in total. The maximum atomic E-state index is 12.4. The van der Waals surface area contributed by atoms with E-state index in [0.717, 1.165) is 61.9 Å². The van der Waals surface area contributed by atoms with Gasteiger partial charge >= 0.3 is 6.03 Å². The number of imidazole rings is 1. The molecule has 0 unspecified atom stereocenters. The lowest BCUT2D eigenvalue weighted by molar-refractivity contribution is 0.144. The van der Waals surface area contributed by atoms with Crippen molar-refractivity contribution in [2.45, 2.75) is 13.5 Å². The third-order valence-electron chi connectivity index (χ3n) is 5.02. The van der Waals surface area contributed by atoms with Crippen LogP contribution in [-0.4, -0.2) is 63.1 Å². The molecule has 1 fully saturated rings. The van der Waals surface area contributed by atoms with Gasteiger partial charge in [-0.25, -0.2) is 14.8 Å². The number of aryl methyl sites for hydroxylation is 1. The number of pyridine rings is 1. The van der Waals surface area contributed by atoms with Crippen LogP contribution in [0.2, 0.25) is 0 Å². The average Bonchev–Trinajstić information content (AvgIpc) is 3.02. The van der Waals surface area contributed by atoms with E-state index < -0.39 is 0 Å². The molecule has 3 heterocycles. The summed E-state index contributed by atoms with van der Waals surface area (Å²) in [4.78, 5) is 25.7. The summed E-state index contributed by atoms with van der Waals surface area (Å²) in [5.74, 6) is 0.990. The second-order valence-corrected chi connectivity index (χ2v) is 6.78. The highest BCUT2D eigenvalue weighted by atomic mass is 16.2. The first-order valence-corrected chi connectivity index (χ1v) is 9.32. The van der Waals surface area contributed by atoms with Crippen molar-refractivity contribution in [3.8, 4) is 0 Å². The standard InChI is InChI=1S/C20H24N6O/c1-16-22-18-8-5-9-21-19(18)26(16)15-12-24-10-13-25(14-11-24)20(27)23-17-6-3-2-4-7-17/h2-9H,10-15H2,1H3,(H,23,27). The van der Waals surface area contributed by atoms with Crippen LogP contribution in [0.25, 0.3) is 11.2 Å². The number of hydrogen-bond acceptors (Lipinski definition) is 4. The average molecular weight is 364 g/mol. The molecule has 1 aliphatic heterocycles. The zero-order chi connectivity index (χ0) is 18.6. The fourth-order valence-corrected chi connectivity index (χ4v) is 3.48. The van der Waals surface area contributed by atoms with E-state index in [1.807, 2.05) is 60.5 Å². The van der Waals surface area contributed by atoms with Gasteiger partial charge in [-0.2, -0.15) is 0 Å². The molecule has 0 radical (unpaired) electrons. The van der Waals surface area contributed by atoms with Crippen LogP contribution in [0.4, 0.5) is 10.5 Å². The molecule has 0 spiro atoms. The third-order valence-corrected chi connectivity index (χ3v) is 5.02. The summed E-state index contributed by atoms with van der Waals surface area (Å²) in [7, 11) is 0. The van der Waals surface area contributed by atoms with Gasteiger partial charge in [0.25, 0.3) is 0 Å². The van der Waals surface area contributed by atoms with E-state index in [2.05, 4.69) is 24.8 Å². The lowest BCUT2D eigenvalue weighted by Gasteiger charge is -2.34. The number of amides is 2. The minimum atomic E-state index is -0.0264. The number of benzene rings is 1. The molecule has 1 aromatic carbocycles. The Balaban J connectivity index is 1.29. The number of fused-ring (bicyclic) bond motifs is 1. The highest BCUT2D eigenvalue weighted by Gasteiger charge is 2.21. The van der Waals surface area contributed by atoms with E-state index >= 15 is 0 Å². The molecule has 0 aliphatic carbocycles. The second kappa shape index (κ2) is 7.75. The molecule has 0 bridgehead atoms. The van der Waals surface area contributed by atoms with Gasteiger partial charge in [-0.05, 0) is 31.2 Å². The number of para-hydroxylation sites is 1. The summed E-state index contributed by atoms with van der Waals surface area (Å²) in [5, 5.41) is 2.96. The summed E-state index contributed by atoms with van der Waals surface area (Å²) in [6, 6.07) is 13.5. The Bertz CT molecular complexity index is 915. The van der Waals surface area contributed by atoms with Crippen molar-refractivity contribution >= 4 is 22.9 Å². The van der Waals surface area contributed by atoms with Crippen LogP contribution >= 0.6 is 0 Å². The molecule has 2 amide bonds. The van der Waals surface area contributed by atoms with Crippen molar-refractivity contribution in [1.82, 2.24) is 24.3 Å². The van der Waals surface area contributed by atoms with Crippen LogP contribution in [-0.2, 0) is 6.54 Å². The van der Waals surface area contributed by atoms with Crippen LogP contribution in [0.3, 0.4) is 0 Å². The molecule has 1 saturated heterocycles. The van der Waals surface area contributed by atoms with Crippen molar-refractivity contribution in [3.05, 3.63) is 54.5 Å². The number of aromatic nitrogens is 3. The maximum absolute atomic E-state index is 12.4. The zero-order valence-electron chi connectivity index (χ0n) is 15.5. The van der Waals surface area contributed by atoms with Gasteiger partial charge in [0.15, 0.2) is 5.65 Å². The zero-order valence-corrected chi connectivity index (χ0v) is 15.5. The molecule has 1 N–H and O–H groups in total. The van der Waals surface area contributed by atoms with Crippen molar-refractivity contribution in [2.75, 3.05) is 38.0 Å². The van der Waals surface area contributed by atoms with Crippen LogP contribution in [0, 0.1) is 6.92 Å². The van der Waals surface area contributed by atoms with Gasteiger partial charge in [0.2, 0.25) is 0 Å². The van der Waals surface area contributed by atoms with Gasteiger partial charge in [0.05, 0.1) is 0 Å². The van der Waals surface area contributed by atoms with E-state index in [-0.39, 0.29) is 6.03 Å². The van der Waals surface area contributed by atoms with Gasteiger partial charge in [0.1, 0.15) is 11.3 Å². The lowest BCUT2D eigenvalue weighted by Crippen LogP contribution is -2.50. The normalized spacial score (nSPS) is 15.2. The van der Waals surface area contributed by atoms with Gasteiger partial charge in [-0.1, -0.05) is 18.2 Å². The number of piperazine rings is 1. The van der Waals surface area contributed by atoms with E-state index in [1.54, 1.807) is 0 Å².